The van der Waals surface area contributed by atoms with E-state index in [-0.39, 0.29) is 0 Å². The zero-order valence-corrected chi connectivity index (χ0v) is 13.6. The molecule has 3 N–H and O–H groups in total. The fourth-order valence-electron chi connectivity index (χ4n) is 2.81. The van der Waals surface area contributed by atoms with Gasteiger partial charge in [-0.15, -0.1) is 0 Å². The van der Waals surface area contributed by atoms with Crippen LogP contribution in [-0.2, 0) is 9.47 Å². The van der Waals surface area contributed by atoms with Crippen LogP contribution in [0.3, 0.4) is 0 Å². The van der Waals surface area contributed by atoms with E-state index in [0.29, 0.717) is 39.5 Å². The molecular weight excluding hydrogens is 270 g/mol. The van der Waals surface area contributed by atoms with Crippen LogP contribution in [0.15, 0.2) is 0 Å². The van der Waals surface area contributed by atoms with Crippen molar-refractivity contribution in [1.82, 2.24) is 5.32 Å². The van der Waals surface area contributed by atoms with Crippen LogP contribution in [0.4, 0.5) is 0 Å². The van der Waals surface area contributed by atoms with Crippen molar-refractivity contribution in [3.05, 3.63) is 0 Å². The van der Waals surface area contributed by atoms with Crippen LogP contribution in [-0.4, -0.2) is 61.4 Å². The quantitative estimate of drug-likeness (QED) is 0.502. The molecule has 1 rings (SSSR count). The molecule has 1 aliphatic rings. The number of ether oxygens (including phenoxy) is 2. The lowest BCUT2D eigenvalue weighted by molar-refractivity contribution is -0.0169. The van der Waals surface area contributed by atoms with Crippen LogP contribution in [0.25, 0.3) is 0 Å². The summed E-state index contributed by atoms with van der Waals surface area (Å²) < 4.78 is 10.5. The second kappa shape index (κ2) is 10.5. The minimum atomic E-state index is -0.596. The minimum absolute atomic E-state index is 0.302. The number of hydrogen-bond acceptors (Lipinski definition) is 5. The Morgan fingerprint density at radius 3 is 2.48 bits per heavy atom. The van der Waals surface area contributed by atoms with Crippen molar-refractivity contribution >= 4 is 0 Å². The fraction of sp³-hybridized carbons (Fsp3) is 1.00. The maximum Gasteiger partial charge on any atom is 0.0897 e. The first-order valence-electron chi connectivity index (χ1n) is 8.36. The zero-order chi connectivity index (χ0) is 15.6. The largest absolute Gasteiger partial charge is 0.389 e. The number of hydrogen-bond donors (Lipinski definition) is 3. The monoisotopic (exact) mass is 303 g/mol. The van der Waals surface area contributed by atoms with E-state index >= 15 is 0 Å². The average molecular weight is 303 g/mol. The van der Waals surface area contributed by atoms with Gasteiger partial charge in [-0.05, 0) is 38.5 Å². The van der Waals surface area contributed by atoms with Crippen molar-refractivity contribution in [2.75, 3.05) is 39.5 Å². The van der Waals surface area contributed by atoms with Crippen LogP contribution in [0.1, 0.15) is 46.0 Å². The molecule has 0 amide bonds. The predicted molar refractivity (Wildman–Crippen MR) is 83.4 cm³/mol. The molecule has 0 spiro atoms. The fourth-order valence-corrected chi connectivity index (χ4v) is 2.81. The highest BCUT2D eigenvalue weighted by molar-refractivity contribution is 4.87. The summed E-state index contributed by atoms with van der Waals surface area (Å²) in [4.78, 5) is 0. The van der Waals surface area contributed by atoms with Crippen LogP contribution in [0.5, 0.6) is 0 Å². The summed E-state index contributed by atoms with van der Waals surface area (Å²) in [5.74, 6) is 0.773. The second-order valence-corrected chi connectivity index (χ2v) is 6.13. The molecular formula is C16H33NO4. The Kier molecular flexibility index (Phi) is 9.44. The maximum absolute atomic E-state index is 10.5. The maximum atomic E-state index is 10.5. The first-order valence-corrected chi connectivity index (χ1v) is 8.36. The van der Waals surface area contributed by atoms with E-state index < -0.39 is 11.7 Å². The summed E-state index contributed by atoms with van der Waals surface area (Å²) in [7, 11) is 0. The van der Waals surface area contributed by atoms with E-state index in [2.05, 4.69) is 12.2 Å². The van der Waals surface area contributed by atoms with Gasteiger partial charge in [0.2, 0.25) is 0 Å². The normalized spacial score (nSPS) is 27.7. The van der Waals surface area contributed by atoms with Gasteiger partial charge < -0.3 is 25.0 Å². The van der Waals surface area contributed by atoms with Crippen LogP contribution in [0, 0.1) is 5.92 Å². The molecule has 0 aliphatic heterocycles. The first-order chi connectivity index (χ1) is 10.1. The molecule has 21 heavy (non-hydrogen) atoms. The summed E-state index contributed by atoms with van der Waals surface area (Å²) in [6.07, 6.45) is 4.61. The van der Waals surface area contributed by atoms with E-state index in [1.54, 1.807) is 0 Å². The van der Waals surface area contributed by atoms with Gasteiger partial charge in [0.25, 0.3) is 0 Å². The van der Waals surface area contributed by atoms with Crippen molar-refractivity contribution in [2.24, 2.45) is 5.92 Å². The summed E-state index contributed by atoms with van der Waals surface area (Å²) in [6.45, 7) is 7.23. The van der Waals surface area contributed by atoms with Crippen molar-refractivity contribution in [2.45, 2.75) is 57.7 Å². The van der Waals surface area contributed by atoms with Gasteiger partial charge in [0.15, 0.2) is 0 Å². The average Bonchev–Trinajstić information content (AvgIpc) is 2.48. The Bertz CT molecular complexity index is 255. The first kappa shape index (κ1) is 18.8. The Labute approximate surface area is 129 Å². The van der Waals surface area contributed by atoms with Gasteiger partial charge in [0, 0.05) is 19.7 Å². The topological polar surface area (TPSA) is 71.0 Å². The van der Waals surface area contributed by atoms with Crippen LogP contribution >= 0.6 is 0 Å². The molecule has 0 saturated heterocycles. The zero-order valence-electron chi connectivity index (χ0n) is 13.6. The molecule has 0 radical (unpaired) electrons. The van der Waals surface area contributed by atoms with Crippen LogP contribution < -0.4 is 5.32 Å². The molecule has 1 unspecified atom stereocenters. The van der Waals surface area contributed by atoms with Gasteiger partial charge in [-0.3, -0.25) is 0 Å². The van der Waals surface area contributed by atoms with Gasteiger partial charge in [0.05, 0.1) is 31.5 Å². The van der Waals surface area contributed by atoms with Gasteiger partial charge in [-0.2, -0.15) is 0 Å². The third-order valence-corrected chi connectivity index (χ3v) is 4.33. The number of nitrogens with one attached hydrogen (secondary N) is 1. The van der Waals surface area contributed by atoms with Crippen molar-refractivity contribution in [1.29, 1.82) is 0 Å². The van der Waals surface area contributed by atoms with E-state index in [4.69, 9.17) is 9.47 Å². The van der Waals surface area contributed by atoms with Crippen molar-refractivity contribution in [3.8, 4) is 0 Å². The number of rotatable bonds is 11. The lowest BCUT2D eigenvalue weighted by atomic mass is 9.78. The molecule has 126 valence electrons. The molecule has 0 aromatic rings. The number of aliphatic hydroxyl groups is 2. The molecule has 0 bridgehead atoms. The van der Waals surface area contributed by atoms with Crippen LogP contribution in [0.2, 0.25) is 0 Å². The summed E-state index contributed by atoms with van der Waals surface area (Å²) >= 11 is 0. The predicted octanol–water partition coefficient (Wildman–Crippen LogP) is 1.32. The molecule has 1 saturated carbocycles. The minimum Gasteiger partial charge on any atom is -0.389 e. The lowest BCUT2D eigenvalue weighted by Gasteiger charge is -2.36. The van der Waals surface area contributed by atoms with E-state index in [1.165, 1.54) is 6.42 Å². The van der Waals surface area contributed by atoms with E-state index in [1.807, 2.05) is 6.92 Å². The Hall–Kier alpha value is -0.200. The molecule has 0 aromatic heterocycles. The Morgan fingerprint density at radius 2 is 1.86 bits per heavy atom. The third kappa shape index (κ3) is 8.12. The Balaban J connectivity index is 2.04. The molecule has 1 fully saturated rings. The van der Waals surface area contributed by atoms with Gasteiger partial charge in [-0.25, -0.2) is 0 Å². The van der Waals surface area contributed by atoms with Crippen molar-refractivity contribution in [3.63, 3.8) is 0 Å². The smallest absolute Gasteiger partial charge is 0.0897 e. The molecule has 0 aromatic carbocycles. The summed E-state index contributed by atoms with van der Waals surface area (Å²) in [6, 6.07) is 0. The summed E-state index contributed by atoms with van der Waals surface area (Å²) in [5.41, 5.74) is -0.596. The number of aliphatic hydroxyl groups excluding tert-OH is 1. The highest BCUT2D eigenvalue weighted by Gasteiger charge is 2.32. The SMILES string of the molecule is CCOCCOCC(O)CNCC1(O)CCC(CC)CC1. The molecule has 5 nitrogen and oxygen atoms in total. The van der Waals surface area contributed by atoms with E-state index in [9.17, 15) is 10.2 Å². The van der Waals surface area contributed by atoms with Gasteiger partial charge in [-0.1, -0.05) is 13.3 Å². The summed E-state index contributed by atoms with van der Waals surface area (Å²) in [5, 5.41) is 23.4. The van der Waals surface area contributed by atoms with Crippen molar-refractivity contribution < 1.29 is 19.7 Å². The molecule has 5 heteroatoms. The molecule has 1 atom stereocenters. The highest BCUT2D eigenvalue weighted by Crippen LogP contribution is 2.33. The molecule has 0 heterocycles. The molecule has 1 aliphatic carbocycles. The van der Waals surface area contributed by atoms with E-state index in [0.717, 1.165) is 31.6 Å². The van der Waals surface area contributed by atoms with Gasteiger partial charge >= 0.3 is 0 Å². The standard InChI is InChI=1S/C16H33NO4/c1-3-14-5-7-16(19,8-6-14)13-17-11-15(18)12-21-10-9-20-4-2/h14-15,17-19H,3-13H2,1-2H3. The van der Waals surface area contributed by atoms with Gasteiger partial charge in [0.1, 0.15) is 0 Å². The Morgan fingerprint density at radius 1 is 1.19 bits per heavy atom. The lowest BCUT2D eigenvalue weighted by Crippen LogP contribution is -2.45. The highest BCUT2D eigenvalue weighted by atomic mass is 16.5. The third-order valence-electron chi connectivity index (χ3n) is 4.33. The second-order valence-electron chi connectivity index (χ2n) is 6.13.